The number of alkyl halides is 2. The van der Waals surface area contributed by atoms with Gasteiger partial charge in [0.25, 0.3) is 0 Å². The summed E-state index contributed by atoms with van der Waals surface area (Å²) in [6.07, 6.45) is -0.968. The fourth-order valence-corrected chi connectivity index (χ4v) is 6.39. The molecule has 3 aliphatic heterocycles. The largest absolute Gasteiger partial charge is 0.586 e. The molecule has 11 heteroatoms. The van der Waals surface area contributed by atoms with Crippen LogP contribution in [0.25, 0.3) is 22.6 Å². The summed E-state index contributed by atoms with van der Waals surface area (Å²) in [6.45, 7) is 7.64. The molecule has 0 aromatic heterocycles. The topological polar surface area (TPSA) is 89.1 Å². The van der Waals surface area contributed by atoms with Gasteiger partial charge in [-0.1, -0.05) is 18.2 Å². The molecular weight excluding hydrogens is 552 g/mol. The fraction of sp³-hybridized carbons (Fsp3) is 0.267. The Bertz CT molecular complexity index is 1750. The Hall–Kier alpha value is -4.25. The standard InChI is InChI=1S/C30H29F2N3O5S/c1-16-6-7-21(14-27(16)41(5,36)37)20-8-10-24(35-15-17(2)33-18(35)3)23(12-20)28-29(38-19(4)34-28)22-9-11-25-26(13-22)40-30(31,32)39-25/h6-15,18-19,33-34H,1-5H3. The summed E-state index contributed by atoms with van der Waals surface area (Å²) in [5, 5.41) is 6.79. The average molecular weight is 582 g/mol. The molecular formula is C30H29F2N3O5S. The summed E-state index contributed by atoms with van der Waals surface area (Å²) < 4.78 is 67.8. The number of sulfone groups is 1. The van der Waals surface area contributed by atoms with Gasteiger partial charge in [-0.2, -0.15) is 0 Å². The van der Waals surface area contributed by atoms with Gasteiger partial charge < -0.3 is 29.7 Å². The number of aryl methyl sites for hydroxylation is 1. The van der Waals surface area contributed by atoms with E-state index in [2.05, 4.69) is 20.3 Å². The number of ether oxygens (including phenoxy) is 3. The highest BCUT2D eigenvalue weighted by molar-refractivity contribution is 7.90. The Morgan fingerprint density at radius 2 is 1.56 bits per heavy atom. The third-order valence-corrected chi connectivity index (χ3v) is 8.42. The zero-order valence-corrected chi connectivity index (χ0v) is 23.9. The van der Waals surface area contributed by atoms with E-state index in [0.29, 0.717) is 22.6 Å². The van der Waals surface area contributed by atoms with Crippen molar-refractivity contribution in [3.05, 3.63) is 83.2 Å². The lowest BCUT2D eigenvalue weighted by Crippen LogP contribution is -2.33. The lowest BCUT2D eigenvalue weighted by Gasteiger charge is -2.26. The summed E-state index contributed by atoms with van der Waals surface area (Å²) >= 11 is 0. The summed E-state index contributed by atoms with van der Waals surface area (Å²) in [5.41, 5.74) is 6.04. The summed E-state index contributed by atoms with van der Waals surface area (Å²) in [6, 6.07) is 15.8. The van der Waals surface area contributed by atoms with Gasteiger partial charge in [-0.15, -0.1) is 8.78 Å². The smallest absolute Gasteiger partial charge is 0.468 e. The monoisotopic (exact) mass is 581 g/mol. The molecule has 0 radical (unpaired) electrons. The number of benzene rings is 3. The molecule has 3 heterocycles. The summed E-state index contributed by atoms with van der Waals surface area (Å²) in [4.78, 5) is 2.37. The number of rotatable bonds is 5. The fourth-order valence-electron chi connectivity index (χ4n) is 5.39. The van der Waals surface area contributed by atoms with Crippen LogP contribution in [0.15, 0.2) is 71.4 Å². The molecule has 0 fully saturated rings. The summed E-state index contributed by atoms with van der Waals surface area (Å²) in [7, 11) is -3.43. The molecule has 3 aromatic carbocycles. The quantitative estimate of drug-likeness (QED) is 0.391. The Balaban J connectivity index is 1.54. The van der Waals surface area contributed by atoms with E-state index in [0.717, 1.165) is 28.1 Å². The summed E-state index contributed by atoms with van der Waals surface area (Å²) in [5.74, 6) is 0.320. The van der Waals surface area contributed by atoms with Crippen LogP contribution in [0.5, 0.6) is 11.5 Å². The molecule has 2 unspecified atom stereocenters. The van der Waals surface area contributed by atoms with Crippen molar-refractivity contribution in [2.45, 2.75) is 51.3 Å². The number of halogens is 2. The van der Waals surface area contributed by atoms with Gasteiger partial charge in [0.1, 0.15) is 6.17 Å². The van der Waals surface area contributed by atoms with Crippen molar-refractivity contribution in [1.82, 2.24) is 10.6 Å². The van der Waals surface area contributed by atoms with Crippen LogP contribution in [0, 0.1) is 6.92 Å². The second-order valence-corrected chi connectivity index (χ2v) is 12.4. The van der Waals surface area contributed by atoms with Gasteiger partial charge in [-0.25, -0.2) is 8.42 Å². The molecule has 3 aromatic rings. The van der Waals surface area contributed by atoms with Crippen molar-refractivity contribution in [3.8, 4) is 22.6 Å². The van der Waals surface area contributed by atoms with Gasteiger partial charge in [0.2, 0.25) is 0 Å². The van der Waals surface area contributed by atoms with Crippen molar-refractivity contribution >= 4 is 27.0 Å². The van der Waals surface area contributed by atoms with E-state index in [1.54, 1.807) is 25.1 Å². The molecule has 214 valence electrons. The van der Waals surface area contributed by atoms with Crippen molar-refractivity contribution < 1.29 is 31.4 Å². The number of hydrogen-bond acceptors (Lipinski definition) is 8. The first-order chi connectivity index (χ1) is 19.3. The molecule has 0 spiro atoms. The van der Waals surface area contributed by atoms with Crippen molar-refractivity contribution in [2.75, 3.05) is 11.2 Å². The number of allylic oxidation sites excluding steroid dienone is 1. The molecule has 3 aliphatic rings. The van der Waals surface area contributed by atoms with Gasteiger partial charge in [0.05, 0.1) is 16.3 Å². The molecule has 0 saturated heterocycles. The number of anilines is 1. The van der Waals surface area contributed by atoms with Gasteiger partial charge >= 0.3 is 6.29 Å². The Labute approximate surface area is 237 Å². The van der Waals surface area contributed by atoms with E-state index >= 15 is 0 Å². The maximum absolute atomic E-state index is 13.7. The van der Waals surface area contributed by atoms with Crippen molar-refractivity contribution in [2.24, 2.45) is 0 Å². The maximum atomic E-state index is 13.7. The van der Waals surface area contributed by atoms with Crippen LogP contribution < -0.4 is 25.0 Å². The van der Waals surface area contributed by atoms with Crippen LogP contribution in [0.1, 0.15) is 37.5 Å². The second-order valence-electron chi connectivity index (χ2n) is 10.5. The predicted octanol–water partition coefficient (Wildman–Crippen LogP) is 5.80. The van der Waals surface area contributed by atoms with Gasteiger partial charge in [0, 0.05) is 29.3 Å². The average Bonchev–Trinajstić information content (AvgIpc) is 3.54. The van der Waals surface area contributed by atoms with E-state index < -0.39 is 22.4 Å². The van der Waals surface area contributed by atoms with Crippen LogP contribution in [0.4, 0.5) is 14.5 Å². The van der Waals surface area contributed by atoms with Crippen LogP contribution in [0.3, 0.4) is 0 Å². The minimum absolute atomic E-state index is 0.0348. The third-order valence-electron chi connectivity index (χ3n) is 7.18. The molecule has 0 bridgehead atoms. The highest BCUT2D eigenvalue weighted by Gasteiger charge is 2.44. The number of nitrogens with zero attached hydrogens (tertiary/aromatic N) is 1. The van der Waals surface area contributed by atoms with Gasteiger partial charge in [-0.05, 0) is 80.8 Å². The SMILES string of the molecule is CC1=CN(c2ccc(-c3ccc(C)c(S(C)(=O)=O)c3)cc2C2=C(c3ccc4c(c3)OC(F)(F)O4)OC(C)N2)C(C)N1. The molecule has 2 N–H and O–H groups in total. The number of hydrogen-bond donors (Lipinski definition) is 2. The van der Waals surface area contributed by atoms with Crippen molar-refractivity contribution in [3.63, 3.8) is 0 Å². The van der Waals surface area contributed by atoms with Crippen LogP contribution in [-0.2, 0) is 14.6 Å². The third kappa shape index (κ3) is 4.94. The predicted molar refractivity (Wildman–Crippen MR) is 152 cm³/mol. The van der Waals surface area contributed by atoms with E-state index in [-0.39, 0.29) is 22.6 Å². The molecule has 0 saturated carbocycles. The molecule has 8 nitrogen and oxygen atoms in total. The second kappa shape index (κ2) is 9.41. The molecule has 2 atom stereocenters. The Morgan fingerprint density at radius 1 is 0.878 bits per heavy atom. The highest BCUT2D eigenvalue weighted by atomic mass is 32.2. The van der Waals surface area contributed by atoms with Crippen LogP contribution >= 0.6 is 0 Å². The zero-order valence-electron chi connectivity index (χ0n) is 23.1. The molecule has 41 heavy (non-hydrogen) atoms. The van der Waals surface area contributed by atoms with Gasteiger partial charge in [-0.3, -0.25) is 0 Å². The van der Waals surface area contributed by atoms with Crippen molar-refractivity contribution in [1.29, 1.82) is 0 Å². The molecule has 0 amide bonds. The molecule has 6 rings (SSSR count). The first kappa shape index (κ1) is 26.9. The van der Waals surface area contributed by atoms with Crippen LogP contribution in [0.2, 0.25) is 0 Å². The minimum Gasteiger partial charge on any atom is -0.468 e. The van der Waals surface area contributed by atoms with E-state index in [4.69, 9.17) is 9.47 Å². The lowest BCUT2D eigenvalue weighted by molar-refractivity contribution is -0.286. The Kier molecular flexibility index (Phi) is 6.18. The highest BCUT2D eigenvalue weighted by Crippen LogP contribution is 2.45. The lowest BCUT2D eigenvalue weighted by atomic mass is 9.97. The number of fused-ring (bicyclic) bond motifs is 1. The number of nitrogens with one attached hydrogen (secondary N) is 2. The maximum Gasteiger partial charge on any atom is 0.586 e. The first-order valence-corrected chi connectivity index (χ1v) is 14.9. The van der Waals surface area contributed by atoms with E-state index in [9.17, 15) is 17.2 Å². The van der Waals surface area contributed by atoms with Crippen LogP contribution in [-0.4, -0.2) is 33.4 Å². The normalized spacial score (nSPS) is 21.0. The minimum atomic E-state index is -3.73. The van der Waals surface area contributed by atoms with E-state index in [1.165, 1.54) is 18.4 Å². The Morgan fingerprint density at radius 3 is 2.27 bits per heavy atom. The van der Waals surface area contributed by atoms with Gasteiger partial charge in [0.15, 0.2) is 33.3 Å². The molecule has 0 aliphatic carbocycles. The van der Waals surface area contributed by atoms with E-state index in [1.807, 2.05) is 51.2 Å². The zero-order chi connectivity index (χ0) is 29.3. The first-order valence-electron chi connectivity index (χ1n) is 13.1.